The zero-order valence-corrected chi connectivity index (χ0v) is 16.3. The van der Waals surface area contributed by atoms with Crippen molar-refractivity contribution < 1.29 is 15.0 Å². The van der Waals surface area contributed by atoms with Crippen molar-refractivity contribution in [2.45, 2.75) is 17.7 Å². The number of aromatic amines is 1. The molecule has 0 radical (unpaired) electrons. The SMILES string of the molecule is O=C(O)c1ccc(CCCSc2c(O)c3c(Cl)cc(Cl)cc3[nH]c2=O)cc1. The van der Waals surface area contributed by atoms with Crippen molar-refractivity contribution in [2.75, 3.05) is 5.75 Å². The molecule has 0 atom stereocenters. The predicted octanol–water partition coefficient (Wildman–Crippen LogP) is 4.96. The van der Waals surface area contributed by atoms with Crippen LogP contribution in [0.2, 0.25) is 10.0 Å². The van der Waals surface area contributed by atoms with Crippen LogP contribution >= 0.6 is 35.0 Å². The van der Waals surface area contributed by atoms with E-state index in [0.29, 0.717) is 21.7 Å². The van der Waals surface area contributed by atoms with Gasteiger partial charge in [0, 0.05) is 5.02 Å². The monoisotopic (exact) mass is 423 g/mol. The maximum Gasteiger partial charge on any atom is 0.335 e. The summed E-state index contributed by atoms with van der Waals surface area (Å²) in [6.45, 7) is 0. The van der Waals surface area contributed by atoms with Crippen molar-refractivity contribution in [2.24, 2.45) is 0 Å². The molecule has 5 nitrogen and oxygen atoms in total. The number of aromatic nitrogens is 1. The maximum atomic E-state index is 12.3. The van der Waals surface area contributed by atoms with Gasteiger partial charge in [0.1, 0.15) is 10.6 Å². The summed E-state index contributed by atoms with van der Waals surface area (Å²) in [4.78, 5) is 26.0. The quantitative estimate of drug-likeness (QED) is 0.384. The lowest BCUT2D eigenvalue weighted by Crippen LogP contribution is -2.09. The minimum atomic E-state index is -0.956. The minimum absolute atomic E-state index is 0.147. The Morgan fingerprint density at radius 2 is 1.85 bits per heavy atom. The Bertz CT molecular complexity index is 1060. The Morgan fingerprint density at radius 1 is 1.15 bits per heavy atom. The third-order valence-electron chi connectivity index (χ3n) is 4.02. The van der Waals surface area contributed by atoms with Gasteiger partial charge in [0.15, 0.2) is 0 Å². The molecule has 0 saturated carbocycles. The third kappa shape index (κ3) is 4.40. The summed E-state index contributed by atoms with van der Waals surface area (Å²) in [5, 5.41) is 20.4. The molecule has 3 N–H and O–H groups in total. The smallest absolute Gasteiger partial charge is 0.335 e. The maximum absolute atomic E-state index is 12.3. The number of aromatic carboxylic acids is 1. The van der Waals surface area contributed by atoms with Gasteiger partial charge in [-0.05, 0) is 48.4 Å². The number of hydrogen-bond acceptors (Lipinski definition) is 4. The Labute approximate surface area is 168 Å². The molecule has 3 rings (SSSR count). The van der Waals surface area contributed by atoms with E-state index in [9.17, 15) is 14.7 Å². The summed E-state index contributed by atoms with van der Waals surface area (Å²) in [5.41, 5.74) is 1.25. The van der Waals surface area contributed by atoms with Crippen LogP contribution in [-0.2, 0) is 6.42 Å². The molecule has 0 spiro atoms. The Hall–Kier alpha value is -2.15. The molecule has 0 aliphatic heterocycles. The number of thioether (sulfide) groups is 1. The first-order chi connectivity index (χ1) is 12.9. The number of carbonyl (C=O) groups is 1. The third-order valence-corrected chi connectivity index (χ3v) is 5.69. The number of fused-ring (bicyclic) bond motifs is 1. The Kier molecular flexibility index (Phi) is 5.99. The van der Waals surface area contributed by atoms with E-state index in [1.54, 1.807) is 30.3 Å². The van der Waals surface area contributed by atoms with Crippen LogP contribution < -0.4 is 5.56 Å². The molecule has 1 aromatic heterocycles. The fourth-order valence-corrected chi connectivity index (χ4v) is 4.21. The fraction of sp³-hybridized carbons (Fsp3) is 0.158. The fourth-order valence-electron chi connectivity index (χ4n) is 2.71. The van der Waals surface area contributed by atoms with Crippen LogP contribution in [0, 0.1) is 0 Å². The molecule has 0 aliphatic carbocycles. The van der Waals surface area contributed by atoms with Gasteiger partial charge in [-0.3, -0.25) is 4.79 Å². The molecule has 0 amide bonds. The number of halogens is 2. The van der Waals surface area contributed by atoms with E-state index in [4.69, 9.17) is 28.3 Å². The van der Waals surface area contributed by atoms with Crippen molar-refractivity contribution in [3.05, 3.63) is 67.9 Å². The van der Waals surface area contributed by atoms with Gasteiger partial charge in [0.2, 0.25) is 0 Å². The topological polar surface area (TPSA) is 90.4 Å². The highest BCUT2D eigenvalue weighted by atomic mass is 35.5. The van der Waals surface area contributed by atoms with Gasteiger partial charge in [-0.2, -0.15) is 0 Å². The molecule has 1 heterocycles. The largest absolute Gasteiger partial charge is 0.506 e. The van der Waals surface area contributed by atoms with Gasteiger partial charge in [-0.25, -0.2) is 4.79 Å². The number of hydrogen-bond donors (Lipinski definition) is 3. The molecule has 0 saturated heterocycles. The number of aromatic hydroxyl groups is 1. The zero-order valence-electron chi connectivity index (χ0n) is 14.0. The van der Waals surface area contributed by atoms with E-state index in [-0.39, 0.29) is 21.2 Å². The second kappa shape index (κ2) is 8.25. The molecule has 140 valence electrons. The highest BCUT2D eigenvalue weighted by molar-refractivity contribution is 7.99. The summed E-state index contributed by atoms with van der Waals surface area (Å²) in [6, 6.07) is 9.74. The van der Waals surface area contributed by atoms with Gasteiger partial charge >= 0.3 is 5.97 Å². The highest BCUT2D eigenvalue weighted by Crippen LogP contribution is 2.37. The minimum Gasteiger partial charge on any atom is -0.506 e. The molecular formula is C19H15Cl2NO4S. The molecule has 0 bridgehead atoms. The molecule has 0 aliphatic rings. The number of nitrogens with one attached hydrogen (secondary N) is 1. The second-order valence-corrected chi connectivity index (χ2v) is 7.84. The normalized spacial score (nSPS) is 11.0. The number of benzene rings is 2. The van der Waals surface area contributed by atoms with E-state index in [1.165, 1.54) is 17.8 Å². The molecule has 0 unspecified atom stereocenters. The van der Waals surface area contributed by atoms with Crippen molar-refractivity contribution in [1.82, 2.24) is 4.98 Å². The zero-order chi connectivity index (χ0) is 19.6. The number of H-pyrrole nitrogens is 1. The molecule has 3 aromatic rings. The lowest BCUT2D eigenvalue weighted by Gasteiger charge is -2.09. The van der Waals surface area contributed by atoms with Gasteiger partial charge in [0.25, 0.3) is 5.56 Å². The van der Waals surface area contributed by atoms with E-state index in [0.717, 1.165) is 18.4 Å². The first-order valence-electron chi connectivity index (χ1n) is 8.06. The van der Waals surface area contributed by atoms with Crippen LogP contribution in [0.15, 0.2) is 46.1 Å². The van der Waals surface area contributed by atoms with Crippen LogP contribution in [0.1, 0.15) is 22.3 Å². The van der Waals surface area contributed by atoms with Gasteiger partial charge < -0.3 is 15.2 Å². The van der Waals surface area contributed by atoms with Crippen molar-refractivity contribution >= 4 is 51.8 Å². The summed E-state index contributed by atoms with van der Waals surface area (Å²) in [7, 11) is 0. The van der Waals surface area contributed by atoms with Crippen molar-refractivity contribution in [1.29, 1.82) is 0 Å². The van der Waals surface area contributed by atoms with E-state index in [2.05, 4.69) is 4.98 Å². The van der Waals surface area contributed by atoms with E-state index in [1.807, 2.05) is 0 Å². The van der Waals surface area contributed by atoms with Crippen molar-refractivity contribution in [3.8, 4) is 5.75 Å². The summed E-state index contributed by atoms with van der Waals surface area (Å²) in [5.74, 6) is -0.497. The highest BCUT2D eigenvalue weighted by Gasteiger charge is 2.15. The average molecular weight is 424 g/mol. The lowest BCUT2D eigenvalue weighted by molar-refractivity contribution is 0.0697. The summed E-state index contributed by atoms with van der Waals surface area (Å²) < 4.78 is 0. The number of rotatable bonds is 6. The molecule has 2 aromatic carbocycles. The van der Waals surface area contributed by atoms with Crippen LogP contribution in [0.25, 0.3) is 10.9 Å². The van der Waals surface area contributed by atoms with Crippen LogP contribution in [0.3, 0.4) is 0 Å². The average Bonchev–Trinajstić information content (AvgIpc) is 2.60. The van der Waals surface area contributed by atoms with Crippen molar-refractivity contribution in [3.63, 3.8) is 0 Å². The standard InChI is InChI=1S/C19H15Cl2NO4S/c20-12-8-13(21)15-14(9-12)22-18(24)17(16(15)23)27-7-1-2-10-3-5-11(6-4-10)19(25)26/h3-6,8-9H,1-2,7H2,(H,25,26)(H2,22,23,24). The van der Waals surface area contributed by atoms with Crippen LogP contribution in [0.4, 0.5) is 0 Å². The number of carboxylic acids is 1. The predicted molar refractivity (Wildman–Crippen MR) is 109 cm³/mol. The van der Waals surface area contributed by atoms with Gasteiger partial charge in [-0.1, -0.05) is 35.3 Å². The number of pyridine rings is 1. The second-order valence-electron chi connectivity index (χ2n) is 5.90. The molecule has 0 fully saturated rings. The van der Waals surface area contributed by atoms with Gasteiger partial charge in [0.05, 0.1) is 21.5 Å². The Morgan fingerprint density at radius 3 is 2.52 bits per heavy atom. The molecular weight excluding hydrogens is 409 g/mol. The Balaban J connectivity index is 1.70. The molecule has 8 heteroatoms. The number of carboxylic acid groups (broad SMARTS) is 1. The van der Waals surface area contributed by atoms with Crippen LogP contribution in [0.5, 0.6) is 5.75 Å². The number of aryl methyl sites for hydroxylation is 1. The lowest BCUT2D eigenvalue weighted by atomic mass is 10.1. The molecule has 27 heavy (non-hydrogen) atoms. The summed E-state index contributed by atoms with van der Waals surface area (Å²) in [6.07, 6.45) is 1.48. The van der Waals surface area contributed by atoms with Gasteiger partial charge in [-0.15, -0.1) is 11.8 Å². The van der Waals surface area contributed by atoms with Crippen LogP contribution in [-0.4, -0.2) is 26.9 Å². The van der Waals surface area contributed by atoms with E-state index >= 15 is 0 Å². The van der Waals surface area contributed by atoms with E-state index < -0.39 is 11.5 Å². The summed E-state index contributed by atoms with van der Waals surface area (Å²) >= 11 is 13.3. The first-order valence-corrected chi connectivity index (χ1v) is 9.80. The first kappa shape index (κ1) is 19.6.